The first kappa shape index (κ1) is 27.7. The van der Waals surface area contributed by atoms with Crippen LogP contribution in [-0.2, 0) is 6.54 Å². The molecule has 0 spiro atoms. The highest BCUT2D eigenvalue weighted by atomic mass is 32.1. The minimum absolute atomic E-state index is 0.0747. The highest BCUT2D eigenvalue weighted by Crippen LogP contribution is 2.39. The summed E-state index contributed by atoms with van der Waals surface area (Å²) < 4.78 is 1.94. The molecule has 214 valence electrons. The van der Waals surface area contributed by atoms with Crippen molar-refractivity contribution in [3.63, 3.8) is 0 Å². The molecule has 1 saturated heterocycles. The zero-order valence-electron chi connectivity index (χ0n) is 23.8. The number of thiocarbonyl (C=S) groups is 1. The van der Waals surface area contributed by atoms with Gasteiger partial charge in [0, 0.05) is 48.6 Å². The summed E-state index contributed by atoms with van der Waals surface area (Å²) >= 11 is 5.72. The maximum Gasteiger partial charge on any atom is 0.251 e. The van der Waals surface area contributed by atoms with Crippen molar-refractivity contribution >= 4 is 40.3 Å². The first-order valence-corrected chi connectivity index (χ1v) is 14.8. The van der Waals surface area contributed by atoms with E-state index in [0.717, 1.165) is 54.4 Å². The summed E-state index contributed by atoms with van der Waals surface area (Å²) in [4.78, 5) is 28.3. The van der Waals surface area contributed by atoms with Crippen molar-refractivity contribution in [3.8, 4) is 0 Å². The number of rotatable bonds is 6. The van der Waals surface area contributed by atoms with Crippen LogP contribution < -0.4 is 26.4 Å². The summed E-state index contributed by atoms with van der Waals surface area (Å²) in [7, 11) is 0. The molecule has 2 aliphatic heterocycles. The lowest BCUT2D eigenvalue weighted by Gasteiger charge is -2.44. The Labute approximate surface area is 251 Å². The van der Waals surface area contributed by atoms with Crippen LogP contribution in [0, 0.1) is 12.8 Å². The lowest BCUT2D eigenvalue weighted by Crippen LogP contribution is -2.47. The standard InChI is InChI=1S/C34H35N5O2S/c1-22-11-14-28(15-12-22)36-34(42)37-29-18-26(33(41)35-23(2)25-7-4-3-5-8-25)13-16-31(29)38-19-24-17-27(21-38)30-9-6-10-32(40)39(30)20-24/h3-16,18,23-24,27H,17,19-21H2,1-2H3,(H,35,41)(H2,36,37,42)/t23-,24+,27-/m0/s1. The van der Waals surface area contributed by atoms with Crippen LogP contribution in [0.3, 0.4) is 0 Å². The zero-order chi connectivity index (χ0) is 29.2. The fraction of sp³-hybridized carbons (Fsp3) is 0.265. The lowest BCUT2D eigenvalue weighted by atomic mass is 9.83. The highest BCUT2D eigenvalue weighted by molar-refractivity contribution is 7.80. The van der Waals surface area contributed by atoms with E-state index >= 15 is 0 Å². The van der Waals surface area contributed by atoms with Crippen molar-refractivity contribution in [2.45, 2.75) is 38.8 Å². The number of aromatic nitrogens is 1. The Morgan fingerprint density at radius 1 is 0.905 bits per heavy atom. The van der Waals surface area contributed by atoms with Crippen molar-refractivity contribution in [1.82, 2.24) is 9.88 Å². The number of hydrogen-bond donors (Lipinski definition) is 3. The van der Waals surface area contributed by atoms with Gasteiger partial charge in [-0.25, -0.2) is 0 Å². The molecule has 2 bridgehead atoms. The number of nitrogens with zero attached hydrogens (tertiary/aromatic N) is 2. The van der Waals surface area contributed by atoms with E-state index in [1.54, 1.807) is 6.07 Å². The molecule has 0 aliphatic carbocycles. The number of amides is 1. The Morgan fingerprint density at radius 3 is 2.48 bits per heavy atom. The molecule has 8 heteroatoms. The number of fused-ring (bicyclic) bond motifs is 4. The predicted octanol–water partition coefficient (Wildman–Crippen LogP) is 6.08. The third-order valence-electron chi connectivity index (χ3n) is 8.28. The highest BCUT2D eigenvalue weighted by Gasteiger charge is 2.35. The van der Waals surface area contributed by atoms with Crippen LogP contribution in [0.5, 0.6) is 0 Å². The Hall–Kier alpha value is -4.43. The molecule has 42 heavy (non-hydrogen) atoms. The fourth-order valence-corrected chi connectivity index (χ4v) is 6.40. The number of pyridine rings is 1. The van der Waals surface area contributed by atoms with Crippen molar-refractivity contribution in [2.24, 2.45) is 5.92 Å². The predicted molar refractivity (Wildman–Crippen MR) is 174 cm³/mol. The van der Waals surface area contributed by atoms with Crippen molar-refractivity contribution in [2.75, 3.05) is 28.6 Å². The minimum Gasteiger partial charge on any atom is -0.369 e. The third-order valence-corrected chi connectivity index (χ3v) is 8.49. The molecule has 1 amide bonds. The van der Waals surface area contributed by atoms with Gasteiger partial charge in [-0.1, -0.05) is 54.1 Å². The number of carbonyl (C=O) groups excluding carboxylic acids is 1. The molecule has 3 heterocycles. The molecule has 6 rings (SSSR count). The molecule has 4 aromatic rings. The number of hydrogen-bond acceptors (Lipinski definition) is 4. The number of anilines is 3. The number of nitrogens with one attached hydrogen (secondary N) is 3. The summed E-state index contributed by atoms with van der Waals surface area (Å²) in [5.74, 6) is 0.463. The van der Waals surface area contributed by atoms with E-state index in [-0.39, 0.29) is 23.4 Å². The second-order valence-electron chi connectivity index (χ2n) is 11.4. The van der Waals surface area contributed by atoms with Gasteiger partial charge in [-0.2, -0.15) is 0 Å². The first-order chi connectivity index (χ1) is 20.3. The van der Waals surface area contributed by atoms with Crippen LogP contribution in [0.4, 0.5) is 17.1 Å². The van der Waals surface area contributed by atoms with E-state index in [9.17, 15) is 9.59 Å². The SMILES string of the molecule is Cc1ccc(NC(=S)Nc2cc(C(=O)N[C@@H](C)c3ccccc3)ccc2N2C[C@H]3C[C@@H](C2)c2cccc(=O)n2C3)cc1. The van der Waals surface area contributed by atoms with Crippen LogP contribution in [0.25, 0.3) is 0 Å². The summed E-state index contributed by atoms with van der Waals surface area (Å²) in [6, 6.07) is 29.2. The van der Waals surface area contributed by atoms with E-state index in [1.165, 1.54) is 5.56 Å². The van der Waals surface area contributed by atoms with Gasteiger partial charge in [0.15, 0.2) is 5.11 Å². The molecule has 3 aromatic carbocycles. The summed E-state index contributed by atoms with van der Waals surface area (Å²) in [5.41, 5.74) is 6.58. The van der Waals surface area contributed by atoms with E-state index in [2.05, 4.69) is 26.9 Å². The van der Waals surface area contributed by atoms with Crippen molar-refractivity contribution < 1.29 is 4.79 Å². The second-order valence-corrected chi connectivity index (χ2v) is 11.8. The van der Waals surface area contributed by atoms with Crippen molar-refractivity contribution in [1.29, 1.82) is 0 Å². The smallest absolute Gasteiger partial charge is 0.251 e. The molecule has 1 fully saturated rings. The maximum absolute atomic E-state index is 13.4. The fourth-order valence-electron chi connectivity index (χ4n) is 6.17. The Balaban J connectivity index is 1.28. The van der Waals surface area contributed by atoms with Crippen LogP contribution in [0.2, 0.25) is 0 Å². The number of piperidine rings is 1. The molecule has 3 atom stereocenters. The topological polar surface area (TPSA) is 78.4 Å². The van der Waals surface area contributed by atoms with Crippen LogP contribution >= 0.6 is 12.2 Å². The molecule has 0 radical (unpaired) electrons. The van der Waals surface area contributed by atoms with Gasteiger partial charge in [0.25, 0.3) is 11.5 Å². The number of benzene rings is 3. The average Bonchev–Trinajstić information content (AvgIpc) is 2.99. The first-order valence-electron chi connectivity index (χ1n) is 14.4. The zero-order valence-corrected chi connectivity index (χ0v) is 24.7. The summed E-state index contributed by atoms with van der Waals surface area (Å²) in [5, 5.41) is 10.2. The molecule has 0 unspecified atom stereocenters. The molecule has 1 aromatic heterocycles. The number of aryl methyl sites for hydroxylation is 1. The van der Waals surface area contributed by atoms with Gasteiger partial charge in [-0.3, -0.25) is 9.59 Å². The second kappa shape index (κ2) is 11.8. The minimum atomic E-state index is -0.151. The quantitative estimate of drug-likeness (QED) is 0.241. The van der Waals surface area contributed by atoms with Crippen LogP contribution in [-0.4, -0.2) is 28.7 Å². The average molecular weight is 578 g/mol. The Bertz CT molecular complexity index is 1670. The molecule has 7 nitrogen and oxygen atoms in total. The number of carbonyl (C=O) groups is 1. The molecular weight excluding hydrogens is 542 g/mol. The van der Waals surface area contributed by atoms with E-state index in [4.69, 9.17) is 12.2 Å². The van der Waals surface area contributed by atoms with Crippen molar-refractivity contribution in [3.05, 3.63) is 124 Å². The largest absolute Gasteiger partial charge is 0.369 e. The normalized spacial score (nSPS) is 18.0. The maximum atomic E-state index is 13.4. The van der Waals surface area contributed by atoms with Gasteiger partial charge in [0.05, 0.1) is 17.4 Å². The van der Waals surface area contributed by atoms with Crippen LogP contribution in [0.1, 0.15) is 52.5 Å². The van der Waals surface area contributed by atoms with E-state index in [0.29, 0.717) is 16.6 Å². The molecule has 0 saturated carbocycles. The molecule has 3 N–H and O–H groups in total. The Morgan fingerprint density at radius 2 is 1.69 bits per heavy atom. The lowest BCUT2D eigenvalue weighted by molar-refractivity contribution is 0.0940. The summed E-state index contributed by atoms with van der Waals surface area (Å²) in [6.07, 6.45) is 1.06. The van der Waals surface area contributed by atoms with Gasteiger partial charge in [-0.15, -0.1) is 0 Å². The van der Waals surface area contributed by atoms with Gasteiger partial charge in [0.2, 0.25) is 0 Å². The third kappa shape index (κ3) is 5.94. The molecule has 2 aliphatic rings. The van der Waals surface area contributed by atoms with Crippen LogP contribution in [0.15, 0.2) is 95.8 Å². The molecular formula is C34H35N5O2S. The van der Waals surface area contributed by atoms with Gasteiger partial charge >= 0.3 is 0 Å². The Kier molecular flexibility index (Phi) is 7.80. The van der Waals surface area contributed by atoms with Gasteiger partial charge in [0.1, 0.15) is 0 Å². The van der Waals surface area contributed by atoms with Gasteiger partial charge < -0.3 is 25.4 Å². The van der Waals surface area contributed by atoms with E-state index in [1.807, 2.05) is 97.3 Å². The van der Waals surface area contributed by atoms with Gasteiger partial charge in [-0.05, 0) is 80.4 Å². The van der Waals surface area contributed by atoms with E-state index < -0.39 is 0 Å². The monoisotopic (exact) mass is 577 g/mol. The summed E-state index contributed by atoms with van der Waals surface area (Å²) in [6.45, 7) is 6.35.